The Labute approximate surface area is 126 Å². The second-order valence-electron chi connectivity index (χ2n) is 5.31. The van der Waals surface area contributed by atoms with Crippen molar-refractivity contribution in [3.8, 4) is 11.5 Å². The van der Waals surface area contributed by atoms with Gasteiger partial charge in [-0.15, -0.1) is 0 Å². The lowest BCUT2D eigenvalue weighted by atomic mass is 9.96. The molecule has 0 saturated carbocycles. The van der Waals surface area contributed by atoms with E-state index in [0.717, 1.165) is 17.7 Å². The minimum atomic E-state index is -0.128. The zero-order chi connectivity index (χ0) is 15.4. The van der Waals surface area contributed by atoms with Crippen LogP contribution in [0.3, 0.4) is 0 Å². The van der Waals surface area contributed by atoms with Gasteiger partial charge in [-0.1, -0.05) is 30.3 Å². The van der Waals surface area contributed by atoms with Gasteiger partial charge >= 0.3 is 0 Å². The van der Waals surface area contributed by atoms with Gasteiger partial charge in [0.1, 0.15) is 0 Å². The molecule has 0 aliphatic heterocycles. The topological polar surface area (TPSA) is 44.5 Å². The van der Waals surface area contributed by atoms with Gasteiger partial charge in [-0.25, -0.2) is 0 Å². The van der Waals surface area contributed by atoms with Crippen LogP contribution in [-0.4, -0.2) is 14.2 Å². The van der Waals surface area contributed by atoms with E-state index in [0.29, 0.717) is 5.75 Å². The standard InChI is InChI=1S/C18H23NO2/c1-12-8-9-14(10-13(12)2)11-16(19)15-6-5-7-17(20-3)18(15)21-4/h5-10,16H,11,19H2,1-4H3. The summed E-state index contributed by atoms with van der Waals surface area (Å²) in [5.74, 6) is 1.43. The Balaban J connectivity index is 2.27. The van der Waals surface area contributed by atoms with Gasteiger partial charge < -0.3 is 15.2 Å². The maximum Gasteiger partial charge on any atom is 0.165 e. The Morgan fingerprint density at radius 3 is 2.38 bits per heavy atom. The molecule has 112 valence electrons. The number of ether oxygens (including phenoxy) is 2. The third-order valence-electron chi connectivity index (χ3n) is 3.86. The summed E-state index contributed by atoms with van der Waals surface area (Å²) in [6.45, 7) is 4.24. The molecular weight excluding hydrogens is 262 g/mol. The summed E-state index contributed by atoms with van der Waals surface area (Å²) in [6, 6.07) is 12.2. The van der Waals surface area contributed by atoms with Gasteiger partial charge in [0, 0.05) is 11.6 Å². The van der Waals surface area contributed by atoms with E-state index in [1.807, 2.05) is 18.2 Å². The van der Waals surface area contributed by atoms with Gasteiger partial charge in [0.25, 0.3) is 0 Å². The monoisotopic (exact) mass is 285 g/mol. The Bertz CT molecular complexity index is 623. The van der Waals surface area contributed by atoms with Gasteiger partial charge in [0.2, 0.25) is 0 Å². The summed E-state index contributed by atoms with van der Waals surface area (Å²) < 4.78 is 10.8. The molecule has 2 rings (SSSR count). The van der Waals surface area contributed by atoms with E-state index < -0.39 is 0 Å². The van der Waals surface area contributed by atoms with E-state index in [4.69, 9.17) is 15.2 Å². The highest BCUT2D eigenvalue weighted by atomic mass is 16.5. The highest BCUT2D eigenvalue weighted by Crippen LogP contribution is 2.34. The highest BCUT2D eigenvalue weighted by Gasteiger charge is 2.16. The summed E-state index contributed by atoms with van der Waals surface area (Å²) >= 11 is 0. The van der Waals surface area contributed by atoms with E-state index in [1.54, 1.807) is 14.2 Å². The number of nitrogens with two attached hydrogens (primary N) is 1. The molecule has 0 radical (unpaired) electrons. The van der Waals surface area contributed by atoms with E-state index in [2.05, 4.69) is 32.0 Å². The maximum absolute atomic E-state index is 6.38. The van der Waals surface area contributed by atoms with Crippen molar-refractivity contribution in [3.63, 3.8) is 0 Å². The fourth-order valence-corrected chi connectivity index (χ4v) is 2.50. The molecule has 0 aromatic heterocycles. The van der Waals surface area contributed by atoms with Gasteiger partial charge in [0.05, 0.1) is 14.2 Å². The smallest absolute Gasteiger partial charge is 0.165 e. The van der Waals surface area contributed by atoms with Crippen LogP contribution in [0.15, 0.2) is 36.4 Å². The Hall–Kier alpha value is -2.00. The van der Waals surface area contributed by atoms with Crippen LogP contribution in [0.1, 0.15) is 28.3 Å². The molecule has 0 spiro atoms. The molecule has 21 heavy (non-hydrogen) atoms. The minimum absolute atomic E-state index is 0.128. The lowest BCUT2D eigenvalue weighted by Crippen LogP contribution is -2.15. The van der Waals surface area contributed by atoms with Crippen molar-refractivity contribution < 1.29 is 9.47 Å². The summed E-state index contributed by atoms with van der Waals surface area (Å²) in [7, 11) is 3.28. The van der Waals surface area contributed by atoms with Crippen LogP contribution < -0.4 is 15.2 Å². The predicted molar refractivity (Wildman–Crippen MR) is 86.1 cm³/mol. The van der Waals surface area contributed by atoms with Crippen molar-refractivity contribution in [2.75, 3.05) is 14.2 Å². The van der Waals surface area contributed by atoms with E-state index >= 15 is 0 Å². The average molecular weight is 285 g/mol. The third-order valence-corrected chi connectivity index (χ3v) is 3.86. The summed E-state index contributed by atoms with van der Waals surface area (Å²) in [6.07, 6.45) is 0.768. The predicted octanol–water partition coefficient (Wildman–Crippen LogP) is 3.56. The molecule has 0 aliphatic carbocycles. The highest BCUT2D eigenvalue weighted by molar-refractivity contribution is 5.48. The molecule has 0 aliphatic rings. The van der Waals surface area contributed by atoms with Crippen LogP contribution in [-0.2, 0) is 6.42 Å². The Morgan fingerprint density at radius 1 is 1.00 bits per heavy atom. The number of hydrogen-bond donors (Lipinski definition) is 1. The lowest BCUT2D eigenvalue weighted by Gasteiger charge is -2.18. The van der Waals surface area contributed by atoms with Crippen LogP contribution in [0.2, 0.25) is 0 Å². The number of benzene rings is 2. The van der Waals surface area contributed by atoms with Crippen LogP contribution in [0, 0.1) is 13.8 Å². The minimum Gasteiger partial charge on any atom is -0.493 e. The van der Waals surface area contributed by atoms with Crippen molar-refractivity contribution in [1.82, 2.24) is 0 Å². The van der Waals surface area contributed by atoms with Gasteiger partial charge in [-0.3, -0.25) is 0 Å². The molecule has 0 amide bonds. The first kappa shape index (κ1) is 15.4. The molecule has 1 unspecified atom stereocenters. The molecule has 3 heteroatoms. The van der Waals surface area contributed by atoms with E-state index in [9.17, 15) is 0 Å². The molecule has 0 saturated heterocycles. The molecule has 0 bridgehead atoms. The van der Waals surface area contributed by atoms with Gasteiger partial charge in [0.15, 0.2) is 11.5 Å². The molecule has 1 atom stereocenters. The zero-order valence-corrected chi connectivity index (χ0v) is 13.1. The molecule has 0 fully saturated rings. The normalized spacial score (nSPS) is 12.0. The van der Waals surface area contributed by atoms with Crippen molar-refractivity contribution in [2.24, 2.45) is 5.73 Å². The fourth-order valence-electron chi connectivity index (χ4n) is 2.50. The van der Waals surface area contributed by atoms with Crippen LogP contribution in [0.4, 0.5) is 0 Å². The Morgan fingerprint density at radius 2 is 1.76 bits per heavy atom. The zero-order valence-electron chi connectivity index (χ0n) is 13.1. The van der Waals surface area contributed by atoms with Crippen molar-refractivity contribution in [3.05, 3.63) is 58.7 Å². The molecule has 2 aromatic carbocycles. The van der Waals surface area contributed by atoms with Crippen LogP contribution in [0.25, 0.3) is 0 Å². The molecule has 0 heterocycles. The Kier molecular flexibility index (Phi) is 4.86. The maximum atomic E-state index is 6.38. The van der Waals surface area contributed by atoms with Crippen molar-refractivity contribution >= 4 is 0 Å². The molecule has 2 aromatic rings. The average Bonchev–Trinajstić information content (AvgIpc) is 2.49. The number of para-hydroxylation sites is 1. The molecule has 2 N–H and O–H groups in total. The first-order valence-corrected chi connectivity index (χ1v) is 7.09. The second kappa shape index (κ2) is 6.64. The summed E-state index contributed by atoms with van der Waals surface area (Å²) in [5, 5.41) is 0. The third kappa shape index (κ3) is 3.37. The van der Waals surface area contributed by atoms with Gasteiger partial charge in [-0.2, -0.15) is 0 Å². The first-order valence-electron chi connectivity index (χ1n) is 7.09. The SMILES string of the molecule is COc1cccc(C(N)Cc2ccc(C)c(C)c2)c1OC. The van der Waals surface area contributed by atoms with Crippen molar-refractivity contribution in [1.29, 1.82) is 0 Å². The van der Waals surface area contributed by atoms with Gasteiger partial charge in [-0.05, 0) is 43.0 Å². The number of hydrogen-bond acceptors (Lipinski definition) is 3. The molecular formula is C18H23NO2. The molecule has 3 nitrogen and oxygen atoms in total. The number of rotatable bonds is 5. The van der Waals surface area contributed by atoms with Crippen molar-refractivity contribution in [2.45, 2.75) is 26.3 Å². The second-order valence-corrected chi connectivity index (χ2v) is 5.31. The quantitative estimate of drug-likeness (QED) is 0.913. The van der Waals surface area contributed by atoms with E-state index in [1.165, 1.54) is 16.7 Å². The number of methoxy groups -OCH3 is 2. The summed E-state index contributed by atoms with van der Waals surface area (Å²) in [4.78, 5) is 0. The van der Waals surface area contributed by atoms with E-state index in [-0.39, 0.29) is 6.04 Å². The van der Waals surface area contributed by atoms with Crippen LogP contribution in [0.5, 0.6) is 11.5 Å². The summed E-state index contributed by atoms with van der Waals surface area (Å²) in [5.41, 5.74) is 11.2. The fraction of sp³-hybridized carbons (Fsp3) is 0.333. The first-order chi connectivity index (χ1) is 10.1. The number of aryl methyl sites for hydroxylation is 2. The lowest BCUT2D eigenvalue weighted by molar-refractivity contribution is 0.349. The van der Waals surface area contributed by atoms with Crippen LogP contribution >= 0.6 is 0 Å². The largest absolute Gasteiger partial charge is 0.493 e.